The van der Waals surface area contributed by atoms with Crippen LogP contribution >= 0.6 is 0 Å². The Morgan fingerprint density at radius 2 is 1.88 bits per heavy atom. The van der Waals surface area contributed by atoms with Crippen molar-refractivity contribution < 1.29 is 0 Å². The Bertz CT molecular complexity index is 1440. The number of aryl methyl sites for hydroxylation is 1. The molecule has 10 nitrogen and oxygen atoms in total. The molecule has 166 valence electrons. The summed E-state index contributed by atoms with van der Waals surface area (Å²) in [6, 6.07) is 10.1. The van der Waals surface area contributed by atoms with Gasteiger partial charge in [-0.25, -0.2) is 14.6 Å². The fraction of sp³-hybridized carbons (Fsp3) is 0.261. The third kappa shape index (κ3) is 3.64. The Labute approximate surface area is 190 Å². The van der Waals surface area contributed by atoms with Crippen molar-refractivity contribution in [2.45, 2.75) is 0 Å². The maximum atomic E-state index is 4.69. The van der Waals surface area contributed by atoms with Gasteiger partial charge in [0, 0.05) is 74.5 Å². The van der Waals surface area contributed by atoms with E-state index in [2.05, 4.69) is 59.6 Å². The number of piperazine rings is 1. The highest BCUT2D eigenvalue weighted by Crippen LogP contribution is 2.30. The van der Waals surface area contributed by atoms with Crippen LogP contribution in [0.15, 0.2) is 48.9 Å². The number of nitrogens with zero attached hydrogens (tertiary/aromatic N) is 8. The summed E-state index contributed by atoms with van der Waals surface area (Å²) in [4.78, 5) is 21.7. The Morgan fingerprint density at radius 3 is 2.76 bits per heavy atom. The van der Waals surface area contributed by atoms with Crippen molar-refractivity contribution >= 4 is 39.5 Å². The predicted molar refractivity (Wildman–Crippen MR) is 129 cm³/mol. The lowest BCUT2D eigenvalue weighted by Crippen LogP contribution is -2.44. The van der Waals surface area contributed by atoms with E-state index < -0.39 is 0 Å². The first-order chi connectivity index (χ1) is 16.1. The summed E-state index contributed by atoms with van der Waals surface area (Å²) >= 11 is 0. The van der Waals surface area contributed by atoms with Crippen LogP contribution in [0.2, 0.25) is 0 Å². The molecule has 1 aliphatic heterocycles. The normalized spacial score (nSPS) is 14.9. The van der Waals surface area contributed by atoms with Crippen LogP contribution in [0.1, 0.15) is 0 Å². The number of anilines is 3. The van der Waals surface area contributed by atoms with Crippen LogP contribution in [0.4, 0.5) is 17.5 Å². The largest absolute Gasteiger partial charge is 0.354 e. The lowest BCUT2D eigenvalue weighted by molar-refractivity contribution is 0.312. The number of pyridine rings is 1. The highest BCUT2D eigenvalue weighted by molar-refractivity contribution is 5.95. The van der Waals surface area contributed by atoms with Gasteiger partial charge in [0.2, 0.25) is 5.95 Å². The van der Waals surface area contributed by atoms with Crippen molar-refractivity contribution in [3.05, 3.63) is 48.9 Å². The first kappa shape index (κ1) is 19.6. The number of rotatable bonds is 4. The van der Waals surface area contributed by atoms with Crippen LogP contribution in [-0.4, -0.2) is 73.1 Å². The van der Waals surface area contributed by atoms with Gasteiger partial charge in [-0.15, -0.1) is 5.10 Å². The van der Waals surface area contributed by atoms with Crippen molar-refractivity contribution in [3.8, 4) is 11.1 Å². The Morgan fingerprint density at radius 1 is 1.00 bits per heavy atom. The van der Waals surface area contributed by atoms with Gasteiger partial charge in [-0.05, 0) is 30.8 Å². The van der Waals surface area contributed by atoms with Gasteiger partial charge in [0.1, 0.15) is 17.0 Å². The van der Waals surface area contributed by atoms with Gasteiger partial charge in [-0.1, -0.05) is 11.3 Å². The fourth-order valence-corrected chi connectivity index (χ4v) is 4.24. The molecule has 1 aromatic carbocycles. The first-order valence-electron chi connectivity index (χ1n) is 10.9. The van der Waals surface area contributed by atoms with E-state index in [4.69, 9.17) is 4.98 Å². The molecule has 0 unspecified atom stereocenters. The molecule has 2 N–H and O–H groups in total. The molecule has 5 heterocycles. The van der Waals surface area contributed by atoms with Crippen molar-refractivity contribution in [1.29, 1.82) is 0 Å². The molecule has 33 heavy (non-hydrogen) atoms. The molecular weight excluding hydrogens is 416 g/mol. The second kappa shape index (κ2) is 7.82. The van der Waals surface area contributed by atoms with Gasteiger partial charge in [-0.2, -0.15) is 4.98 Å². The number of nitrogens with one attached hydrogen (secondary N) is 2. The summed E-state index contributed by atoms with van der Waals surface area (Å²) in [7, 11) is 4.04. The molecule has 0 spiro atoms. The molecule has 1 aliphatic rings. The average Bonchev–Trinajstić information content (AvgIpc) is 3.43. The fourth-order valence-electron chi connectivity index (χ4n) is 4.24. The minimum atomic E-state index is 0.540. The number of hydrogen-bond acceptors (Lipinski definition) is 8. The van der Waals surface area contributed by atoms with E-state index in [0.29, 0.717) is 5.95 Å². The van der Waals surface area contributed by atoms with E-state index in [1.807, 2.05) is 43.8 Å². The average molecular weight is 441 g/mol. The molecule has 0 atom stereocenters. The molecule has 0 aliphatic carbocycles. The molecule has 0 saturated carbocycles. The number of benzene rings is 1. The topological polar surface area (TPSA) is 104 Å². The number of H-pyrrole nitrogens is 1. The van der Waals surface area contributed by atoms with E-state index in [-0.39, 0.29) is 0 Å². The number of aromatic amines is 1. The predicted octanol–water partition coefficient (Wildman–Crippen LogP) is 2.80. The molecule has 0 bridgehead atoms. The van der Waals surface area contributed by atoms with Gasteiger partial charge in [0.15, 0.2) is 0 Å². The Kier molecular flexibility index (Phi) is 4.65. The molecule has 4 aromatic heterocycles. The molecule has 5 aromatic rings. The minimum absolute atomic E-state index is 0.540. The zero-order valence-electron chi connectivity index (χ0n) is 18.5. The summed E-state index contributed by atoms with van der Waals surface area (Å²) in [6.07, 6.45) is 5.64. The molecule has 6 rings (SSSR count). The first-order valence-corrected chi connectivity index (χ1v) is 10.9. The summed E-state index contributed by atoms with van der Waals surface area (Å²) in [6.45, 7) is 4.03. The maximum absolute atomic E-state index is 4.69. The smallest absolute Gasteiger partial charge is 0.229 e. The number of hydrogen-bond donors (Lipinski definition) is 2. The van der Waals surface area contributed by atoms with E-state index in [0.717, 1.165) is 70.9 Å². The van der Waals surface area contributed by atoms with Gasteiger partial charge in [0.25, 0.3) is 0 Å². The third-order valence-corrected chi connectivity index (χ3v) is 6.18. The Hall–Kier alpha value is -4.05. The van der Waals surface area contributed by atoms with Gasteiger partial charge < -0.3 is 20.1 Å². The SMILES string of the molecule is CN1CCN(c2cc(Nc3ncc4c(-c5ccc6nnn(C)c6c5)c[nH]c4n3)ccn2)CC1. The summed E-state index contributed by atoms with van der Waals surface area (Å²) in [5.74, 6) is 1.51. The van der Waals surface area contributed by atoms with Crippen molar-refractivity contribution in [3.63, 3.8) is 0 Å². The van der Waals surface area contributed by atoms with Crippen LogP contribution in [0.25, 0.3) is 33.2 Å². The molecular formula is C23H24N10. The van der Waals surface area contributed by atoms with Crippen LogP contribution < -0.4 is 10.2 Å². The highest BCUT2D eigenvalue weighted by Gasteiger charge is 2.16. The molecule has 10 heteroatoms. The number of fused-ring (bicyclic) bond motifs is 2. The molecule has 0 radical (unpaired) electrons. The molecule has 1 saturated heterocycles. The van der Waals surface area contributed by atoms with Crippen molar-refractivity contribution in [2.24, 2.45) is 7.05 Å². The van der Waals surface area contributed by atoms with Gasteiger partial charge in [-0.3, -0.25) is 0 Å². The zero-order valence-corrected chi connectivity index (χ0v) is 18.5. The lowest BCUT2D eigenvalue weighted by atomic mass is 10.1. The van der Waals surface area contributed by atoms with Crippen LogP contribution in [0.3, 0.4) is 0 Å². The second-order valence-electron chi connectivity index (χ2n) is 8.39. The highest BCUT2D eigenvalue weighted by atomic mass is 15.4. The van der Waals surface area contributed by atoms with Gasteiger partial charge >= 0.3 is 0 Å². The quantitative estimate of drug-likeness (QED) is 0.440. The summed E-state index contributed by atoms with van der Waals surface area (Å²) < 4.78 is 1.78. The maximum Gasteiger partial charge on any atom is 0.229 e. The minimum Gasteiger partial charge on any atom is -0.354 e. The van der Waals surface area contributed by atoms with E-state index in [1.165, 1.54) is 0 Å². The summed E-state index contributed by atoms with van der Waals surface area (Å²) in [5, 5.41) is 12.5. The van der Waals surface area contributed by atoms with Gasteiger partial charge in [0.05, 0.1) is 5.52 Å². The van der Waals surface area contributed by atoms with E-state index >= 15 is 0 Å². The van der Waals surface area contributed by atoms with Crippen LogP contribution in [-0.2, 0) is 7.05 Å². The van der Waals surface area contributed by atoms with E-state index in [9.17, 15) is 0 Å². The van der Waals surface area contributed by atoms with Crippen molar-refractivity contribution in [2.75, 3.05) is 43.4 Å². The third-order valence-electron chi connectivity index (χ3n) is 6.18. The van der Waals surface area contributed by atoms with Crippen LogP contribution in [0.5, 0.6) is 0 Å². The lowest BCUT2D eigenvalue weighted by Gasteiger charge is -2.33. The number of aromatic nitrogens is 7. The van der Waals surface area contributed by atoms with Crippen molar-refractivity contribution in [1.82, 2.24) is 39.8 Å². The second-order valence-corrected chi connectivity index (χ2v) is 8.39. The zero-order chi connectivity index (χ0) is 22.4. The summed E-state index contributed by atoms with van der Waals surface area (Å²) in [5.41, 5.74) is 5.65. The van der Waals surface area contributed by atoms with Crippen LogP contribution in [0, 0.1) is 0 Å². The molecule has 1 fully saturated rings. The molecule has 0 amide bonds. The number of likely N-dealkylation sites (N-methyl/N-ethyl adjacent to an activating group) is 1. The monoisotopic (exact) mass is 440 g/mol. The van der Waals surface area contributed by atoms with E-state index in [1.54, 1.807) is 4.68 Å². The Balaban J connectivity index is 1.26. The standard InChI is InChI=1S/C23H24N10/c1-31-7-9-33(10-8-31)21-12-16(5-6-24-21)27-23-26-14-18-17(13-25-22(18)28-23)15-3-4-19-20(11-15)32(2)30-29-19/h3-6,11-14H,7-10H2,1-2H3,(H2,24,25,26,27,28).